The number of hydrogen-bond donors (Lipinski definition) is 2. The van der Waals surface area contributed by atoms with Crippen LogP contribution in [-0.2, 0) is 0 Å². The summed E-state index contributed by atoms with van der Waals surface area (Å²) >= 11 is 0. The standard InChI is InChI=1S/C16H14N4/c1-2-11(1)7-17-16-6-14-5-12(15-9-19-20-10-15)3-4-13(14)8-18-16/h3-10H,1-2H2,(H,17,18)(H,19,20). The molecule has 3 aromatic rings. The molecule has 0 amide bonds. The topological polar surface area (TPSA) is 53.6 Å². The lowest BCUT2D eigenvalue weighted by Crippen LogP contribution is -1.91. The van der Waals surface area contributed by atoms with Crippen molar-refractivity contribution in [3.05, 3.63) is 54.6 Å². The molecule has 0 aliphatic heterocycles. The van der Waals surface area contributed by atoms with Gasteiger partial charge in [0.05, 0.1) is 6.20 Å². The summed E-state index contributed by atoms with van der Waals surface area (Å²) in [6, 6.07) is 8.43. The Hall–Kier alpha value is -2.62. The van der Waals surface area contributed by atoms with Gasteiger partial charge in [-0.15, -0.1) is 0 Å². The van der Waals surface area contributed by atoms with Gasteiger partial charge in [0.2, 0.25) is 0 Å². The Morgan fingerprint density at radius 3 is 2.80 bits per heavy atom. The van der Waals surface area contributed by atoms with Gasteiger partial charge in [0, 0.05) is 29.5 Å². The molecule has 2 heterocycles. The van der Waals surface area contributed by atoms with E-state index in [9.17, 15) is 0 Å². The van der Waals surface area contributed by atoms with Crippen LogP contribution in [0.3, 0.4) is 0 Å². The summed E-state index contributed by atoms with van der Waals surface area (Å²) in [6.45, 7) is 0. The van der Waals surface area contributed by atoms with Crippen LogP contribution in [0.2, 0.25) is 0 Å². The van der Waals surface area contributed by atoms with Crippen LogP contribution in [0.4, 0.5) is 5.82 Å². The van der Waals surface area contributed by atoms with Gasteiger partial charge in [-0.25, -0.2) is 4.98 Å². The zero-order valence-electron chi connectivity index (χ0n) is 10.9. The first kappa shape index (κ1) is 11.2. The SMILES string of the molecule is C(Nc1cc2cc(-c3cn[nH]c3)ccc2cn1)=C1CC1. The van der Waals surface area contributed by atoms with Crippen molar-refractivity contribution in [1.82, 2.24) is 15.2 Å². The molecule has 0 unspecified atom stereocenters. The number of nitrogens with zero attached hydrogens (tertiary/aromatic N) is 2. The van der Waals surface area contributed by atoms with Crippen molar-refractivity contribution in [1.29, 1.82) is 0 Å². The van der Waals surface area contributed by atoms with E-state index in [-0.39, 0.29) is 0 Å². The van der Waals surface area contributed by atoms with Crippen molar-refractivity contribution >= 4 is 16.6 Å². The predicted molar refractivity (Wildman–Crippen MR) is 80.3 cm³/mol. The lowest BCUT2D eigenvalue weighted by Gasteiger charge is -2.04. The van der Waals surface area contributed by atoms with Crippen molar-refractivity contribution in [2.45, 2.75) is 12.8 Å². The van der Waals surface area contributed by atoms with Crippen molar-refractivity contribution in [2.24, 2.45) is 0 Å². The van der Waals surface area contributed by atoms with Crippen LogP contribution in [0, 0.1) is 0 Å². The zero-order valence-corrected chi connectivity index (χ0v) is 10.9. The van der Waals surface area contributed by atoms with Gasteiger partial charge in [-0.2, -0.15) is 5.10 Å². The fraction of sp³-hybridized carbons (Fsp3) is 0.125. The van der Waals surface area contributed by atoms with Crippen molar-refractivity contribution in [2.75, 3.05) is 5.32 Å². The van der Waals surface area contributed by atoms with Crippen LogP contribution in [0.15, 0.2) is 54.6 Å². The molecule has 4 nitrogen and oxygen atoms in total. The summed E-state index contributed by atoms with van der Waals surface area (Å²) in [7, 11) is 0. The molecule has 20 heavy (non-hydrogen) atoms. The minimum Gasteiger partial charge on any atom is -0.347 e. The molecular weight excluding hydrogens is 248 g/mol. The van der Waals surface area contributed by atoms with Crippen molar-refractivity contribution in [3.63, 3.8) is 0 Å². The van der Waals surface area contributed by atoms with Crippen molar-refractivity contribution < 1.29 is 0 Å². The average molecular weight is 262 g/mol. The van der Waals surface area contributed by atoms with Crippen LogP contribution in [-0.4, -0.2) is 15.2 Å². The molecule has 2 aromatic heterocycles. The molecule has 1 fully saturated rings. The van der Waals surface area contributed by atoms with E-state index in [0.29, 0.717) is 0 Å². The summed E-state index contributed by atoms with van der Waals surface area (Å²) in [5.41, 5.74) is 3.71. The number of aromatic nitrogens is 3. The van der Waals surface area contributed by atoms with Crippen LogP contribution in [0.1, 0.15) is 12.8 Å². The fourth-order valence-corrected chi connectivity index (χ4v) is 2.20. The van der Waals surface area contributed by atoms with E-state index >= 15 is 0 Å². The molecule has 0 radical (unpaired) electrons. The lowest BCUT2D eigenvalue weighted by molar-refractivity contribution is 1.09. The molecule has 4 rings (SSSR count). The van der Waals surface area contributed by atoms with Gasteiger partial charge >= 0.3 is 0 Å². The quantitative estimate of drug-likeness (QED) is 0.756. The number of hydrogen-bond acceptors (Lipinski definition) is 3. The third-order valence-electron chi connectivity index (χ3n) is 3.52. The third kappa shape index (κ3) is 2.16. The van der Waals surface area contributed by atoms with Crippen LogP contribution in [0.25, 0.3) is 21.9 Å². The number of fused-ring (bicyclic) bond motifs is 1. The van der Waals surface area contributed by atoms with Crippen LogP contribution >= 0.6 is 0 Å². The van der Waals surface area contributed by atoms with E-state index in [1.54, 1.807) is 0 Å². The minimum absolute atomic E-state index is 0.890. The highest BCUT2D eigenvalue weighted by molar-refractivity contribution is 5.88. The molecule has 98 valence electrons. The minimum atomic E-state index is 0.890. The van der Waals surface area contributed by atoms with Crippen molar-refractivity contribution in [3.8, 4) is 11.1 Å². The van der Waals surface area contributed by atoms with E-state index in [2.05, 4.69) is 51.0 Å². The lowest BCUT2D eigenvalue weighted by atomic mass is 10.1. The number of nitrogens with one attached hydrogen (secondary N) is 2. The number of pyridine rings is 1. The molecule has 4 heteroatoms. The summed E-state index contributed by atoms with van der Waals surface area (Å²) < 4.78 is 0. The molecule has 1 aliphatic rings. The first-order valence-corrected chi connectivity index (χ1v) is 6.72. The molecule has 0 atom stereocenters. The maximum absolute atomic E-state index is 4.42. The van der Waals surface area contributed by atoms with E-state index in [0.717, 1.165) is 22.3 Å². The summed E-state index contributed by atoms with van der Waals surface area (Å²) in [5.74, 6) is 0.890. The van der Waals surface area contributed by atoms with E-state index in [1.165, 1.54) is 23.8 Å². The molecule has 1 aromatic carbocycles. The second-order valence-electron chi connectivity index (χ2n) is 5.07. The Labute approximate surface area is 116 Å². The Morgan fingerprint density at radius 1 is 1.05 bits per heavy atom. The highest BCUT2D eigenvalue weighted by Crippen LogP contribution is 2.28. The summed E-state index contributed by atoms with van der Waals surface area (Å²) in [4.78, 5) is 4.42. The Balaban J connectivity index is 1.73. The first-order chi connectivity index (χ1) is 9.88. The first-order valence-electron chi connectivity index (χ1n) is 6.72. The second-order valence-corrected chi connectivity index (χ2v) is 5.07. The Morgan fingerprint density at radius 2 is 2.00 bits per heavy atom. The number of benzene rings is 1. The maximum Gasteiger partial charge on any atom is 0.130 e. The summed E-state index contributed by atoms with van der Waals surface area (Å²) in [5, 5.41) is 12.4. The van der Waals surface area contributed by atoms with E-state index < -0.39 is 0 Å². The van der Waals surface area contributed by atoms with Gasteiger partial charge < -0.3 is 5.32 Å². The Kier molecular flexibility index (Phi) is 2.52. The number of rotatable bonds is 3. The number of aromatic amines is 1. The third-order valence-corrected chi connectivity index (χ3v) is 3.52. The number of anilines is 1. The number of H-pyrrole nitrogens is 1. The van der Waals surface area contributed by atoms with Crippen LogP contribution < -0.4 is 5.32 Å². The number of allylic oxidation sites excluding steroid dienone is 1. The molecule has 1 saturated carbocycles. The van der Waals surface area contributed by atoms with E-state index in [1.807, 2.05) is 18.6 Å². The van der Waals surface area contributed by atoms with Gasteiger partial charge in [-0.1, -0.05) is 17.7 Å². The van der Waals surface area contributed by atoms with Gasteiger partial charge in [0.15, 0.2) is 0 Å². The molecular formula is C16H14N4. The van der Waals surface area contributed by atoms with E-state index in [4.69, 9.17) is 0 Å². The fourth-order valence-electron chi connectivity index (χ4n) is 2.20. The summed E-state index contributed by atoms with van der Waals surface area (Å²) in [6.07, 6.45) is 10.1. The molecule has 1 aliphatic carbocycles. The van der Waals surface area contributed by atoms with Gasteiger partial charge in [0.25, 0.3) is 0 Å². The highest BCUT2D eigenvalue weighted by atomic mass is 15.1. The average Bonchev–Trinajstić information content (AvgIpc) is 3.16. The largest absolute Gasteiger partial charge is 0.347 e. The highest BCUT2D eigenvalue weighted by Gasteiger charge is 2.10. The molecule has 0 saturated heterocycles. The predicted octanol–water partition coefficient (Wildman–Crippen LogP) is 3.71. The molecule has 0 bridgehead atoms. The van der Waals surface area contributed by atoms with Crippen LogP contribution in [0.5, 0.6) is 0 Å². The Bertz CT molecular complexity index is 781. The monoisotopic (exact) mass is 262 g/mol. The van der Waals surface area contributed by atoms with Gasteiger partial charge in [0.1, 0.15) is 5.82 Å². The molecule has 0 spiro atoms. The smallest absolute Gasteiger partial charge is 0.130 e. The second kappa shape index (κ2) is 4.49. The zero-order chi connectivity index (χ0) is 13.4. The normalized spacial score (nSPS) is 13.5. The maximum atomic E-state index is 4.42. The molecule has 2 N–H and O–H groups in total. The van der Waals surface area contributed by atoms with Gasteiger partial charge in [-0.05, 0) is 35.9 Å². The van der Waals surface area contributed by atoms with Gasteiger partial charge in [-0.3, -0.25) is 5.10 Å².